The Labute approximate surface area is 179 Å². The summed E-state index contributed by atoms with van der Waals surface area (Å²) in [5, 5.41) is 10.8. The molecule has 0 aliphatic carbocycles. The fourth-order valence-electron chi connectivity index (χ4n) is 2.08. The SMILES string of the molecule is CNC(=O)NC(=O)CSc1nc(SCC(=O)NC(=O)NC)c2c(C)c(C)sc2n1. The van der Waals surface area contributed by atoms with Crippen molar-refractivity contribution in [2.45, 2.75) is 24.0 Å². The maximum absolute atomic E-state index is 11.9. The van der Waals surface area contributed by atoms with Crippen LogP contribution >= 0.6 is 34.9 Å². The Morgan fingerprint density at radius 3 is 2.00 bits per heavy atom. The van der Waals surface area contributed by atoms with Gasteiger partial charge >= 0.3 is 12.1 Å². The Bertz CT molecular complexity index is 962. The van der Waals surface area contributed by atoms with Crippen molar-refractivity contribution in [2.24, 2.45) is 0 Å². The van der Waals surface area contributed by atoms with Gasteiger partial charge in [0.05, 0.1) is 11.5 Å². The third-order valence-corrected chi connectivity index (χ3v) is 6.53. The van der Waals surface area contributed by atoms with Crippen molar-refractivity contribution in [1.82, 2.24) is 31.2 Å². The van der Waals surface area contributed by atoms with Crippen molar-refractivity contribution in [1.29, 1.82) is 0 Å². The molecule has 10 nitrogen and oxygen atoms in total. The van der Waals surface area contributed by atoms with Crippen molar-refractivity contribution < 1.29 is 19.2 Å². The first-order chi connectivity index (χ1) is 13.7. The van der Waals surface area contributed by atoms with Crippen LogP contribution in [0.5, 0.6) is 0 Å². The quantitative estimate of drug-likeness (QED) is 0.290. The molecule has 6 amide bonds. The number of hydrogen-bond donors (Lipinski definition) is 4. The summed E-state index contributed by atoms with van der Waals surface area (Å²) in [7, 11) is 2.84. The summed E-state index contributed by atoms with van der Waals surface area (Å²) < 4.78 is 0. The van der Waals surface area contributed by atoms with Crippen LogP contribution in [0.4, 0.5) is 9.59 Å². The van der Waals surface area contributed by atoms with Gasteiger partial charge in [-0.1, -0.05) is 23.5 Å². The molecule has 0 atom stereocenters. The third kappa shape index (κ3) is 6.30. The molecule has 0 aliphatic rings. The zero-order valence-corrected chi connectivity index (χ0v) is 18.6. The number of thiophene rings is 1. The van der Waals surface area contributed by atoms with Gasteiger partial charge in [-0.2, -0.15) is 0 Å². The van der Waals surface area contributed by atoms with Gasteiger partial charge in [-0.05, 0) is 19.4 Å². The molecule has 156 valence electrons. The number of rotatable bonds is 6. The van der Waals surface area contributed by atoms with Gasteiger partial charge in [0.2, 0.25) is 11.8 Å². The molecule has 2 heterocycles. The van der Waals surface area contributed by atoms with Gasteiger partial charge in [0.15, 0.2) is 5.16 Å². The lowest BCUT2D eigenvalue weighted by atomic mass is 10.2. The molecule has 0 saturated heterocycles. The van der Waals surface area contributed by atoms with Crippen LogP contribution in [-0.2, 0) is 9.59 Å². The van der Waals surface area contributed by atoms with Crippen molar-refractivity contribution in [3.8, 4) is 0 Å². The molecule has 29 heavy (non-hydrogen) atoms. The molecule has 0 radical (unpaired) electrons. The minimum absolute atomic E-state index is 0.00483. The van der Waals surface area contributed by atoms with Crippen LogP contribution in [0.3, 0.4) is 0 Å². The van der Waals surface area contributed by atoms with Crippen molar-refractivity contribution in [3.63, 3.8) is 0 Å². The van der Waals surface area contributed by atoms with E-state index >= 15 is 0 Å². The summed E-state index contributed by atoms with van der Waals surface area (Å²) in [6, 6.07) is -1.17. The molecule has 0 saturated carbocycles. The first-order valence-corrected chi connectivity index (χ1v) is 11.1. The lowest BCUT2D eigenvalue weighted by molar-refractivity contribution is -0.118. The fraction of sp³-hybridized carbons (Fsp3) is 0.375. The summed E-state index contributed by atoms with van der Waals surface area (Å²) in [6.45, 7) is 3.92. The van der Waals surface area contributed by atoms with Gasteiger partial charge in [-0.15, -0.1) is 11.3 Å². The van der Waals surface area contributed by atoms with Gasteiger partial charge in [-0.3, -0.25) is 20.2 Å². The summed E-state index contributed by atoms with van der Waals surface area (Å²) >= 11 is 3.77. The number of carbonyl (C=O) groups is 4. The Balaban J connectivity index is 2.19. The van der Waals surface area contributed by atoms with E-state index in [1.807, 2.05) is 13.8 Å². The normalized spacial score (nSPS) is 10.5. The number of amides is 6. The van der Waals surface area contributed by atoms with Crippen LogP contribution in [0, 0.1) is 13.8 Å². The second-order valence-corrected chi connectivity index (χ2v) is 8.72. The first-order valence-electron chi connectivity index (χ1n) is 8.31. The molecule has 4 N–H and O–H groups in total. The highest BCUT2D eigenvalue weighted by atomic mass is 32.2. The molecule has 2 aromatic heterocycles. The molecule has 0 aliphatic heterocycles. The molecule has 0 bridgehead atoms. The smallest absolute Gasteiger partial charge is 0.321 e. The lowest BCUT2D eigenvalue weighted by Crippen LogP contribution is -2.38. The highest BCUT2D eigenvalue weighted by Crippen LogP contribution is 2.36. The van der Waals surface area contributed by atoms with Crippen LogP contribution in [0.15, 0.2) is 10.2 Å². The number of aromatic nitrogens is 2. The molecule has 0 aromatic carbocycles. The topological polar surface area (TPSA) is 142 Å². The van der Waals surface area contributed by atoms with Gasteiger partial charge in [0.25, 0.3) is 0 Å². The maximum Gasteiger partial charge on any atom is 0.321 e. The van der Waals surface area contributed by atoms with Crippen LogP contribution < -0.4 is 21.3 Å². The number of imide groups is 2. The van der Waals surface area contributed by atoms with Crippen molar-refractivity contribution in [3.05, 3.63) is 10.4 Å². The maximum atomic E-state index is 11.9. The molecular formula is C16H20N6O4S3. The second-order valence-electron chi connectivity index (χ2n) is 5.61. The molecule has 13 heteroatoms. The summed E-state index contributed by atoms with van der Waals surface area (Å²) in [5.41, 5.74) is 1.02. The highest BCUT2D eigenvalue weighted by molar-refractivity contribution is 8.00. The number of carbonyl (C=O) groups excluding carboxylic acids is 4. The van der Waals surface area contributed by atoms with Gasteiger partial charge in [0.1, 0.15) is 9.86 Å². The minimum atomic E-state index is -0.588. The Morgan fingerprint density at radius 2 is 1.45 bits per heavy atom. The van der Waals surface area contributed by atoms with Crippen molar-refractivity contribution in [2.75, 3.05) is 25.6 Å². The van der Waals surface area contributed by atoms with Crippen LogP contribution in [0.2, 0.25) is 0 Å². The standard InChI is InChI=1S/C16H20N6O4S3/c1-7-8(2)29-13-11(7)12(27-5-9(23)19-14(25)17-3)21-16(22-13)28-6-10(24)20-15(26)18-4/h5-6H2,1-4H3,(H2,17,19,23,25)(H2,18,20,24,26). The zero-order valence-electron chi connectivity index (χ0n) is 16.2. The van der Waals surface area contributed by atoms with E-state index in [2.05, 4.69) is 31.2 Å². The van der Waals surface area contributed by atoms with E-state index in [-0.39, 0.29) is 11.5 Å². The van der Waals surface area contributed by atoms with E-state index in [0.29, 0.717) is 10.2 Å². The Hall–Kier alpha value is -2.38. The summed E-state index contributed by atoms with van der Waals surface area (Å²) in [5.74, 6) is -0.973. The van der Waals surface area contributed by atoms with E-state index in [9.17, 15) is 19.2 Å². The van der Waals surface area contributed by atoms with Crippen molar-refractivity contribution >= 4 is 69.0 Å². The second kappa shape index (κ2) is 10.4. The van der Waals surface area contributed by atoms with E-state index in [1.165, 1.54) is 37.2 Å². The number of thioether (sulfide) groups is 2. The van der Waals surface area contributed by atoms with Gasteiger partial charge in [-0.25, -0.2) is 19.6 Å². The Kier molecular flexibility index (Phi) is 8.22. The summed E-state index contributed by atoms with van der Waals surface area (Å²) in [6.07, 6.45) is 0. The average Bonchev–Trinajstić information content (AvgIpc) is 2.98. The Morgan fingerprint density at radius 1 is 0.897 bits per heavy atom. The predicted octanol–water partition coefficient (Wildman–Crippen LogP) is 1.40. The number of nitrogens with one attached hydrogen (secondary N) is 4. The number of nitrogens with zero attached hydrogens (tertiary/aromatic N) is 2. The van der Waals surface area contributed by atoms with E-state index in [4.69, 9.17) is 0 Å². The number of aryl methyl sites for hydroxylation is 2. The van der Waals surface area contributed by atoms with Crippen LogP contribution in [-0.4, -0.2) is 59.4 Å². The monoisotopic (exact) mass is 456 g/mol. The van der Waals surface area contributed by atoms with E-state index in [1.54, 1.807) is 0 Å². The minimum Gasteiger partial charge on any atom is -0.341 e. The average molecular weight is 457 g/mol. The summed E-state index contributed by atoms with van der Waals surface area (Å²) in [4.78, 5) is 57.0. The van der Waals surface area contributed by atoms with Gasteiger partial charge in [0, 0.05) is 24.4 Å². The molecule has 0 unspecified atom stereocenters. The third-order valence-electron chi connectivity index (χ3n) is 3.61. The lowest BCUT2D eigenvalue weighted by Gasteiger charge is -2.07. The largest absolute Gasteiger partial charge is 0.341 e. The molecule has 2 aromatic rings. The van der Waals surface area contributed by atoms with Gasteiger partial charge < -0.3 is 10.6 Å². The zero-order chi connectivity index (χ0) is 21.6. The highest BCUT2D eigenvalue weighted by Gasteiger charge is 2.18. The molecule has 0 fully saturated rings. The molecular weight excluding hydrogens is 436 g/mol. The van der Waals surface area contributed by atoms with E-state index in [0.717, 1.165) is 32.4 Å². The fourth-order valence-corrected chi connectivity index (χ4v) is 4.82. The molecule has 0 spiro atoms. The number of urea groups is 2. The van der Waals surface area contributed by atoms with Crippen LogP contribution in [0.1, 0.15) is 10.4 Å². The number of hydrogen-bond acceptors (Lipinski definition) is 9. The predicted molar refractivity (Wildman–Crippen MR) is 114 cm³/mol. The molecule has 2 rings (SSSR count). The van der Waals surface area contributed by atoms with Crippen LogP contribution in [0.25, 0.3) is 10.2 Å². The van der Waals surface area contributed by atoms with E-state index < -0.39 is 23.9 Å². The number of fused-ring (bicyclic) bond motifs is 1. The first kappa shape index (κ1) is 22.9.